The second-order valence-corrected chi connectivity index (χ2v) is 8.74. The third-order valence-electron chi connectivity index (χ3n) is 5.37. The molecule has 6 N–H and O–H groups in total. The lowest BCUT2D eigenvalue weighted by Gasteiger charge is -1.99. The quantitative estimate of drug-likeness (QED) is 0.121. The average molecular weight is 504 g/mol. The minimum absolute atomic E-state index is 0.164. The normalized spacial score (nSPS) is 14.8. The molecule has 1 aliphatic heterocycles. The molecule has 1 aliphatic rings. The standard InChI is InChI=1S/C18H34O2.C5H7NO3.C3H8O3/c1-2-3-4-5-6-7-8-9-10-11-12-13-14-15-16-17-18(19)20;7-4-2-1-3(6-4)5(8)9;4-1-3(6)2-5/h9-10H,2-8,11-17H2,1H3,(H,19,20);3H,1-2H2,(H,6,7)(H,8,9);3-6H,1-2H2. The third kappa shape index (κ3) is 28.2. The van der Waals surface area contributed by atoms with Gasteiger partial charge >= 0.3 is 11.9 Å². The van der Waals surface area contributed by atoms with Gasteiger partial charge in [-0.15, -0.1) is 0 Å². The van der Waals surface area contributed by atoms with Crippen LogP contribution in [0.1, 0.15) is 110 Å². The van der Waals surface area contributed by atoms with E-state index >= 15 is 0 Å². The van der Waals surface area contributed by atoms with Crippen LogP contribution in [0.5, 0.6) is 0 Å². The Kier molecular flexibility index (Phi) is 26.8. The second-order valence-electron chi connectivity index (χ2n) is 8.74. The van der Waals surface area contributed by atoms with Gasteiger partial charge in [-0.25, -0.2) is 4.79 Å². The molecule has 1 heterocycles. The first-order valence-corrected chi connectivity index (χ1v) is 13.1. The lowest BCUT2D eigenvalue weighted by Crippen LogP contribution is -2.32. The van der Waals surface area contributed by atoms with E-state index in [-0.39, 0.29) is 19.1 Å². The predicted molar refractivity (Wildman–Crippen MR) is 136 cm³/mol. The fourth-order valence-electron chi connectivity index (χ4n) is 3.20. The van der Waals surface area contributed by atoms with Crippen LogP contribution in [0.25, 0.3) is 0 Å². The number of aliphatic hydroxyl groups excluding tert-OH is 3. The monoisotopic (exact) mass is 503 g/mol. The second kappa shape index (κ2) is 26.6. The van der Waals surface area contributed by atoms with E-state index in [1.807, 2.05) is 0 Å². The molecule has 0 radical (unpaired) electrons. The Morgan fingerprint density at radius 3 is 1.71 bits per heavy atom. The van der Waals surface area contributed by atoms with Crippen molar-refractivity contribution < 1.29 is 39.9 Å². The van der Waals surface area contributed by atoms with Crippen LogP contribution >= 0.6 is 0 Å². The maximum Gasteiger partial charge on any atom is 0.326 e. The van der Waals surface area contributed by atoms with Gasteiger partial charge in [-0.05, 0) is 38.5 Å². The summed E-state index contributed by atoms with van der Waals surface area (Å²) < 4.78 is 0. The first-order chi connectivity index (χ1) is 16.8. The van der Waals surface area contributed by atoms with Gasteiger partial charge in [-0.2, -0.15) is 0 Å². The fourth-order valence-corrected chi connectivity index (χ4v) is 3.20. The zero-order valence-electron chi connectivity index (χ0n) is 21.5. The zero-order valence-corrected chi connectivity index (χ0v) is 21.5. The molecule has 9 heteroatoms. The van der Waals surface area contributed by atoms with Crippen LogP contribution in [0.4, 0.5) is 0 Å². The number of amides is 1. The Morgan fingerprint density at radius 2 is 1.37 bits per heavy atom. The van der Waals surface area contributed by atoms with Crippen molar-refractivity contribution in [2.45, 2.75) is 122 Å². The molecule has 1 fully saturated rings. The summed E-state index contributed by atoms with van der Waals surface area (Å²) in [6, 6.07) is -0.641. The molecule has 9 nitrogen and oxygen atoms in total. The van der Waals surface area contributed by atoms with Gasteiger partial charge in [0, 0.05) is 12.8 Å². The van der Waals surface area contributed by atoms with E-state index in [9.17, 15) is 14.4 Å². The first-order valence-electron chi connectivity index (χ1n) is 13.1. The Balaban J connectivity index is 0. The minimum Gasteiger partial charge on any atom is -0.481 e. The summed E-state index contributed by atoms with van der Waals surface area (Å²) in [6.07, 6.45) is 21.1. The Bertz CT molecular complexity index is 549. The number of rotatable bonds is 18. The van der Waals surface area contributed by atoms with Gasteiger partial charge in [0.2, 0.25) is 5.91 Å². The number of aliphatic carboxylic acids is 2. The molecule has 0 saturated carbocycles. The third-order valence-corrected chi connectivity index (χ3v) is 5.37. The van der Waals surface area contributed by atoms with Crippen molar-refractivity contribution in [1.82, 2.24) is 5.32 Å². The number of nitrogens with one attached hydrogen (secondary N) is 1. The summed E-state index contributed by atoms with van der Waals surface area (Å²) in [6.45, 7) is 1.53. The van der Waals surface area contributed by atoms with E-state index in [2.05, 4.69) is 24.4 Å². The number of carboxylic acids is 2. The first kappa shape index (κ1) is 35.2. The van der Waals surface area contributed by atoms with Gasteiger partial charge in [0.1, 0.15) is 12.1 Å². The zero-order chi connectivity index (χ0) is 26.7. The fraction of sp³-hybridized carbons (Fsp3) is 0.808. The van der Waals surface area contributed by atoms with Crippen molar-refractivity contribution in [3.8, 4) is 0 Å². The van der Waals surface area contributed by atoms with E-state index in [4.69, 9.17) is 25.5 Å². The molecule has 1 amide bonds. The summed E-state index contributed by atoms with van der Waals surface area (Å²) >= 11 is 0. The predicted octanol–water partition coefficient (Wildman–Crippen LogP) is 3.79. The van der Waals surface area contributed by atoms with Crippen LogP contribution in [-0.4, -0.2) is 68.7 Å². The number of carbonyl (C=O) groups excluding carboxylic acids is 1. The summed E-state index contributed by atoms with van der Waals surface area (Å²) in [4.78, 5) is 30.8. The number of aliphatic hydroxyl groups is 3. The lowest BCUT2D eigenvalue weighted by atomic mass is 10.1. The lowest BCUT2D eigenvalue weighted by molar-refractivity contribution is -0.140. The smallest absolute Gasteiger partial charge is 0.326 e. The van der Waals surface area contributed by atoms with Gasteiger partial charge in [0.25, 0.3) is 0 Å². The number of hydrogen-bond acceptors (Lipinski definition) is 6. The molecule has 0 aromatic carbocycles. The topological polar surface area (TPSA) is 164 Å². The highest BCUT2D eigenvalue weighted by Crippen LogP contribution is 2.10. The molecule has 0 aromatic rings. The van der Waals surface area contributed by atoms with Crippen LogP contribution < -0.4 is 5.32 Å². The van der Waals surface area contributed by atoms with Crippen molar-refractivity contribution in [3.05, 3.63) is 12.2 Å². The number of carboxylic acid groups (broad SMARTS) is 2. The molecule has 1 rings (SSSR count). The Morgan fingerprint density at radius 1 is 0.886 bits per heavy atom. The van der Waals surface area contributed by atoms with Crippen LogP contribution in [0.2, 0.25) is 0 Å². The molecule has 35 heavy (non-hydrogen) atoms. The largest absolute Gasteiger partial charge is 0.481 e. The van der Waals surface area contributed by atoms with Crippen LogP contribution in [0.3, 0.4) is 0 Å². The summed E-state index contributed by atoms with van der Waals surface area (Å²) in [7, 11) is 0. The van der Waals surface area contributed by atoms with Crippen LogP contribution in [-0.2, 0) is 14.4 Å². The molecular formula is C26H49NO8. The summed E-state index contributed by atoms with van der Waals surface area (Å²) in [5.74, 6) is -1.77. The molecule has 0 bridgehead atoms. The molecule has 206 valence electrons. The highest BCUT2D eigenvalue weighted by molar-refractivity contribution is 5.87. The van der Waals surface area contributed by atoms with E-state index in [1.54, 1.807) is 0 Å². The van der Waals surface area contributed by atoms with Crippen molar-refractivity contribution in [3.63, 3.8) is 0 Å². The number of unbranched alkanes of at least 4 members (excludes halogenated alkanes) is 11. The molecular weight excluding hydrogens is 454 g/mol. The Hall–Kier alpha value is -1.97. The van der Waals surface area contributed by atoms with E-state index in [1.165, 1.54) is 70.6 Å². The van der Waals surface area contributed by atoms with E-state index < -0.39 is 24.1 Å². The van der Waals surface area contributed by atoms with Crippen molar-refractivity contribution in [1.29, 1.82) is 0 Å². The van der Waals surface area contributed by atoms with Gasteiger partial charge < -0.3 is 30.8 Å². The average Bonchev–Trinajstić information content (AvgIpc) is 3.28. The molecule has 1 atom stereocenters. The summed E-state index contributed by atoms with van der Waals surface area (Å²) in [5.41, 5.74) is 0. The molecule has 1 saturated heterocycles. The number of hydrogen-bond donors (Lipinski definition) is 6. The van der Waals surface area contributed by atoms with Gasteiger partial charge in [0.05, 0.1) is 13.2 Å². The Labute approximate surface area is 210 Å². The van der Waals surface area contributed by atoms with Crippen LogP contribution in [0, 0.1) is 0 Å². The van der Waals surface area contributed by atoms with Crippen molar-refractivity contribution in [2.75, 3.05) is 13.2 Å². The number of allylic oxidation sites excluding steroid dienone is 2. The van der Waals surface area contributed by atoms with Crippen molar-refractivity contribution >= 4 is 17.8 Å². The van der Waals surface area contributed by atoms with Gasteiger partial charge in [-0.3, -0.25) is 9.59 Å². The van der Waals surface area contributed by atoms with Gasteiger partial charge in [-0.1, -0.05) is 70.4 Å². The van der Waals surface area contributed by atoms with Crippen LogP contribution in [0.15, 0.2) is 12.2 Å². The van der Waals surface area contributed by atoms with E-state index in [0.29, 0.717) is 19.3 Å². The maximum atomic E-state index is 10.4. The maximum absolute atomic E-state index is 10.4. The highest BCUT2D eigenvalue weighted by Gasteiger charge is 2.26. The molecule has 0 aliphatic carbocycles. The van der Waals surface area contributed by atoms with E-state index in [0.717, 1.165) is 12.8 Å². The highest BCUT2D eigenvalue weighted by atomic mass is 16.4. The molecule has 0 spiro atoms. The minimum atomic E-state index is -0.954. The van der Waals surface area contributed by atoms with Gasteiger partial charge in [0.15, 0.2) is 0 Å². The molecule has 1 unspecified atom stereocenters. The SMILES string of the molecule is CCCCCCCCC=CCCCCCCCC(=O)O.O=C1CCC(C(=O)O)N1.OCC(O)CO. The summed E-state index contributed by atoms with van der Waals surface area (Å²) in [5, 5.41) is 43.2. The van der Waals surface area contributed by atoms with Crippen molar-refractivity contribution in [2.24, 2.45) is 0 Å². The molecule has 0 aromatic heterocycles. The number of carbonyl (C=O) groups is 3.